The quantitative estimate of drug-likeness (QED) is 0.200. The maximum absolute atomic E-state index is 10.5. The van der Waals surface area contributed by atoms with Crippen LogP contribution in [0.25, 0.3) is 0 Å². The fourth-order valence-electron chi connectivity index (χ4n) is 2.80. The van der Waals surface area contributed by atoms with E-state index in [9.17, 15) is 9.90 Å². The molecule has 0 saturated carbocycles. The second kappa shape index (κ2) is 17.8. The Balaban J connectivity index is 0. The molecule has 0 heterocycles. The minimum Gasteiger partial charge on any atom is -0.479 e. The largest absolute Gasteiger partial charge is 0.479 e. The van der Waals surface area contributed by atoms with Crippen molar-refractivity contribution in [3.05, 3.63) is 11.1 Å². The average Bonchev–Trinajstić information content (AvgIpc) is 2.53. The zero-order valence-corrected chi connectivity index (χ0v) is 18.9. The molecule has 0 aromatic rings. The number of hydrogen-bond acceptors (Lipinski definition) is 2. The fraction of sp³-hybridized carbons (Fsp3) is 0.850. The Kier molecular flexibility index (Phi) is 19.4. The van der Waals surface area contributed by atoms with Gasteiger partial charge in [0.05, 0.1) is 0 Å². The van der Waals surface area contributed by atoms with Crippen molar-refractivity contribution >= 4 is 29.9 Å². The van der Waals surface area contributed by atoms with E-state index >= 15 is 0 Å². The molecule has 0 amide bonds. The number of unbranched alkanes of at least 4 members (excludes halogenated alkanes) is 8. The van der Waals surface area contributed by atoms with Crippen LogP contribution >= 0.6 is 0 Å². The third-order valence-electron chi connectivity index (χ3n) is 4.70. The molecule has 2 N–H and O–H groups in total. The molecule has 24 heavy (non-hydrogen) atoms. The van der Waals surface area contributed by atoms with Gasteiger partial charge in [-0.3, -0.25) is 0 Å². The first-order valence-electron chi connectivity index (χ1n) is 9.55. The Morgan fingerprint density at radius 1 is 0.792 bits per heavy atom. The molecule has 0 spiro atoms. The van der Waals surface area contributed by atoms with Gasteiger partial charge in [0.25, 0.3) is 0 Å². The van der Waals surface area contributed by atoms with Crippen molar-refractivity contribution < 1.29 is 15.0 Å². The maximum Gasteiger partial charge on any atom is 0.332 e. The first-order chi connectivity index (χ1) is 11.0. The number of carboxylic acid groups (broad SMARTS) is 1. The fourth-order valence-corrected chi connectivity index (χ4v) is 2.80. The van der Waals surface area contributed by atoms with Gasteiger partial charge in [0, 0.05) is 23.9 Å². The van der Waals surface area contributed by atoms with Gasteiger partial charge in [0.1, 0.15) is 0 Å². The van der Waals surface area contributed by atoms with E-state index in [0.717, 1.165) is 25.7 Å². The second-order valence-electron chi connectivity index (χ2n) is 6.89. The summed E-state index contributed by atoms with van der Waals surface area (Å²) in [6, 6.07) is 0. The predicted molar refractivity (Wildman–Crippen MR) is 103 cm³/mol. The summed E-state index contributed by atoms with van der Waals surface area (Å²) in [7, 11) is 0. The molecule has 0 saturated heterocycles. The zero-order chi connectivity index (χ0) is 17.5. The van der Waals surface area contributed by atoms with Crippen molar-refractivity contribution in [3.63, 3.8) is 0 Å². The van der Waals surface area contributed by atoms with E-state index in [1.165, 1.54) is 56.9 Å². The minimum atomic E-state index is -1.18. The smallest absolute Gasteiger partial charge is 0.332 e. The van der Waals surface area contributed by atoms with E-state index in [4.69, 9.17) is 5.11 Å². The van der Waals surface area contributed by atoms with Crippen molar-refractivity contribution in [1.29, 1.82) is 0 Å². The number of carboxylic acids is 1. The summed E-state index contributed by atoms with van der Waals surface area (Å²) in [4.78, 5) is 10.5. The monoisotopic (exact) mass is 446 g/mol. The first-order valence-corrected chi connectivity index (χ1v) is 9.55. The van der Waals surface area contributed by atoms with Gasteiger partial charge < -0.3 is 10.2 Å². The van der Waals surface area contributed by atoms with Crippen LogP contribution in [0.5, 0.6) is 0 Å². The molecule has 0 aromatic heterocycles. The second-order valence-corrected chi connectivity index (χ2v) is 6.89. The molecular weight excluding hydrogens is 407 g/mol. The number of aliphatic hydroxyl groups excluding tert-OH is 1. The maximum atomic E-state index is 10.5. The molecule has 1 unspecified atom stereocenters. The van der Waals surface area contributed by atoms with Crippen LogP contribution in [-0.2, 0) is 4.79 Å². The standard InChI is InChI=1S/C20H38O3.Sn/c1-4-5-6-7-8-11-14-17(2)18(3)15-12-9-10-13-16-19(21)20(22)23;/h19,21H,4-16H2,1-3H3,(H,22,23);/b18-17-;. The number of rotatable bonds is 15. The summed E-state index contributed by atoms with van der Waals surface area (Å²) >= 11 is 0. The molecule has 0 fully saturated rings. The first kappa shape index (κ1) is 26.2. The van der Waals surface area contributed by atoms with Gasteiger partial charge in [-0.25, -0.2) is 4.79 Å². The zero-order valence-electron chi connectivity index (χ0n) is 16.1. The number of hydrogen-bond donors (Lipinski definition) is 2. The van der Waals surface area contributed by atoms with Gasteiger partial charge >= 0.3 is 5.97 Å². The molecule has 0 bridgehead atoms. The number of aliphatic hydroxyl groups is 1. The Bertz CT molecular complexity index is 340. The minimum absolute atomic E-state index is 0. The molecule has 140 valence electrons. The van der Waals surface area contributed by atoms with Gasteiger partial charge in [0.2, 0.25) is 0 Å². The van der Waals surface area contributed by atoms with Crippen LogP contribution in [0.1, 0.15) is 104 Å². The van der Waals surface area contributed by atoms with Crippen LogP contribution < -0.4 is 0 Å². The van der Waals surface area contributed by atoms with E-state index < -0.39 is 12.1 Å². The van der Waals surface area contributed by atoms with Crippen molar-refractivity contribution in [1.82, 2.24) is 0 Å². The Hall–Kier alpha value is -0.0313. The van der Waals surface area contributed by atoms with Gasteiger partial charge in [0.15, 0.2) is 6.10 Å². The van der Waals surface area contributed by atoms with Gasteiger partial charge in [-0.1, -0.05) is 69.4 Å². The molecule has 0 aliphatic rings. The molecule has 0 rings (SSSR count). The van der Waals surface area contributed by atoms with Crippen molar-refractivity contribution in [3.8, 4) is 0 Å². The van der Waals surface area contributed by atoms with E-state index in [2.05, 4.69) is 20.8 Å². The summed E-state index contributed by atoms with van der Waals surface area (Å²) in [6.45, 7) is 6.77. The molecule has 0 aliphatic carbocycles. The van der Waals surface area contributed by atoms with Gasteiger partial charge in [-0.05, 0) is 46.0 Å². The summed E-state index contributed by atoms with van der Waals surface area (Å²) in [5.41, 5.74) is 3.09. The molecule has 0 aliphatic heterocycles. The summed E-state index contributed by atoms with van der Waals surface area (Å²) in [5.74, 6) is -1.10. The predicted octanol–water partition coefficient (Wildman–Crippen LogP) is 5.48. The Morgan fingerprint density at radius 2 is 1.21 bits per heavy atom. The number of aliphatic carboxylic acids is 1. The van der Waals surface area contributed by atoms with Crippen molar-refractivity contribution in [2.45, 2.75) is 110 Å². The topological polar surface area (TPSA) is 57.5 Å². The van der Waals surface area contributed by atoms with E-state index in [-0.39, 0.29) is 23.9 Å². The molecule has 1 atom stereocenters. The SMILES string of the molecule is CCCCCCCC/C(C)=C(/C)CCCCCCC(O)C(=O)O.[Sn]. The molecule has 3 nitrogen and oxygen atoms in total. The van der Waals surface area contributed by atoms with Gasteiger partial charge in [-0.2, -0.15) is 0 Å². The number of allylic oxidation sites excluding steroid dienone is 2. The average molecular weight is 445 g/mol. The van der Waals surface area contributed by atoms with Crippen LogP contribution in [0.4, 0.5) is 0 Å². The van der Waals surface area contributed by atoms with Crippen molar-refractivity contribution in [2.75, 3.05) is 0 Å². The molecular formula is C20H38O3Sn. The van der Waals surface area contributed by atoms with E-state index in [1.807, 2.05) is 0 Å². The number of carbonyl (C=O) groups is 1. The van der Waals surface area contributed by atoms with Crippen LogP contribution in [-0.4, -0.2) is 46.2 Å². The van der Waals surface area contributed by atoms with Crippen LogP contribution in [0.3, 0.4) is 0 Å². The van der Waals surface area contributed by atoms with Gasteiger partial charge in [-0.15, -0.1) is 0 Å². The van der Waals surface area contributed by atoms with Crippen LogP contribution in [0.2, 0.25) is 0 Å². The van der Waals surface area contributed by atoms with Crippen molar-refractivity contribution in [2.24, 2.45) is 0 Å². The van der Waals surface area contributed by atoms with E-state index in [1.54, 1.807) is 5.57 Å². The molecule has 4 heteroatoms. The molecule has 4 radical (unpaired) electrons. The Labute approximate surface area is 166 Å². The van der Waals surface area contributed by atoms with Crippen LogP contribution in [0.15, 0.2) is 11.1 Å². The Morgan fingerprint density at radius 3 is 1.67 bits per heavy atom. The summed E-state index contributed by atoms with van der Waals surface area (Å²) in [5, 5.41) is 17.8. The third kappa shape index (κ3) is 15.5. The normalized spacial score (nSPS) is 13.2. The van der Waals surface area contributed by atoms with E-state index in [0.29, 0.717) is 6.42 Å². The summed E-state index contributed by atoms with van der Waals surface area (Å²) < 4.78 is 0. The van der Waals surface area contributed by atoms with Crippen LogP contribution in [0, 0.1) is 0 Å². The molecule has 0 aromatic carbocycles. The summed E-state index contributed by atoms with van der Waals surface area (Å²) in [6.07, 6.45) is 13.8. The third-order valence-corrected chi connectivity index (χ3v) is 4.70.